The van der Waals surface area contributed by atoms with Crippen LogP contribution in [0, 0.1) is 5.41 Å². The molecule has 0 saturated carbocycles. The van der Waals surface area contributed by atoms with Crippen molar-refractivity contribution in [1.82, 2.24) is 5.32 Å². The number of carbonyl (C=O) groups excluding carboxylic acids is 2. The molecular weight excluding hydrogens is 266 g/mol. The highest BCUT2D eigenvalue weighted by Gasteiger charge is 2.35. The Labute approximate surface area is 126 Å². The van der Waals surface area contributed by atoms with Crippen molar-refractivity contribution in [2.75, 3.05) is 30.9 Å². The highest BCUT2D eigenvalue weighted by Crippen LogP contribution is 2.21. The molecule has 1 aromatic carbocycles. The van der Waals surface area contributed by atoms with E-state index in [1.165, 1.54) is 0 Å². The number of amides is 2. The molecule has 0 fully saturated rings. The van der Waals surface area contributed by atoms with Gasteiger partial charge in [-0.2, -0.15) is 0 Å². The first-order chi connectivity index (χ1) is 9.78. The van der Waals surface area contributed by atoms with Crippen LogP contribution in [0.2, 0.25) is 0 Å². The van der Waals surface area contributed by atoms with Crippen molar-refractivity contribution in [2.45, 2.75) is 13.8 Å². The van der Waals surface area contributed by atoms with Gasteiger partial charge in [-0.05, 0) is 38.1 Å². The molecule has 0 aliphatic rings. The van der Waals surface area contributed by atoms with Crippen LogP contribution in [-0.2, 0) is 9.59 Å². The van der Waals surface area contributed by atoms with Crippen LogP contribution in [0.4, 0.5) is 11.4 Å². The fourth-order valence-corrected chi connectivity index (χ4v) is 1.62. The molecule has 0 aromatic heterocycles. The van der Waals surface area contributed by atoms with Crippen LogP contribution in [0.15, 0.2) is 36.9 Å². The fourth-order valence-electron chi connectivity index (χ4n) is 1.62. The van der Waals surface area contributed by atoms with Gasteiger partial charge < -0.3 is 15.5 Å². The van der Waals surface area contributed by atoms with Crippen molar-refractivity contribution < 1.29 is 9.59 Å². The van der Waals surface area contributed by atoms with Gasteiger partial charge in [0, 0.05) is 32.0 Å². The second kappa shape index (κ2) is 6.92. The van der Waals surface area contributed by atoms with E-state index < -0.39 is 5.41 Å². The number of benzene rings is 1. The van der Waals surface area contributed by atoms with Crippen LogP contribution in [0.3, 0.4) is 0 Å². The van der Waals surface area contributed by atoms with E-state index in [0.29, 0.717) is 12.2 Å². The van der Waals surface area contributed by atoms with Crippen molar-refractivity contribution >= 4 is 23.2 Å². The minimum absolute atomic E-state index is 0.329. The zero-order valence-electron chi connectivity index (χ0n) is 13.1. The van der Waals surface area contributed by atoms with Crippen molar-refractivity contribution in [2.24, 2.45) is 5.41 Å². The highest BCUT2D eigenvalue weighted by atomic mass is 16.2. The summed E-state index contributed by atoms with van der Waals surface area (Å²) in [5, 5.41) is 5.40. The number of carbonyl (C=O) groups is 2. The van der Waals surface area contributed by atoms with E-state index >= 15 is 0 Å². The number of nitrogens with zero attached hydrogens (tertiary/aromatic N) is 1. The van der Waals surface area contributed by atoms with E-state index in [9.17, 15) is 9.59 Å². The molecule has 0 radical (unpaired) electrons. The number of hydrogen-bond acceptors (Lipinski definition) is 3. The molecule has 0 saturated heterocycles. The van der Waals surface area contributed by atoms with Gasteiger partial charge in [-0.15, -0.1) is 6.58 Å². The van der Waals surface area contributed by atoms with Gasteiger partial charge in [-0.25, -0.2) is 0 Å². The maximum atomic E-state index is 12.2. The average molecular weight is 289 g/mol. The van der Waals surface area contributed by atoms with E-state index in [2.05, 4.69) is 17.2 Å². The third-order valence-corrected chi connectivity index (χ3v) is 3.18. The van der Waals surface area contributed by atoms with Gasteiger partial charge in [0.05, 0.1) is 0 Å². The summed E-state index contributed by atoms with van der Waals surface area (Å²) in [5.41, 5.74) is 0.551. The molecule has 5 heteroatoms. The first-order valence-corrected chi connectivity index (χ1v) is 6.77. The molecule has 5 nitrogen and oxygen atoms in total. The Balaban J connectivity index is 2.75. The molecule has 2 amide bonds. The molecule has 1 rings (SSSR count). The van der Waals surface area contributed by atoms with Gasteiger partial charge >= 0.3 is 0 Å². The molecule has 0 heterocycles. The minimum atomic E-state index is -1.15. The summed E-state index contributed by atoms with van der Waals surface area (Å²) in [5.74, 6) is -0.675. The molecule has 0 bridgehead atoms. The lowest BCUT2D eigenvalue weighted by Gasteiger charge is -2.22. The quantitative estimate of drug-likeness (QED) is 0.622. The Morgan fingerprint density at radius 2 is 1.76 bits per heavy atom. The maximum Gasteiger partial charge on any atom is 0.239 e. The second-order valence-corrected chi connectivity index (χ2v) is 5.52. The Morgan fingerprint density at radius 3 is 2.24 bits per heavy atom. The topological polar surface area (TPSA) is 61.4 Å². The standard InChI is InChI=1S/C16H23N3O2/c1-6-11-17-14(20)16(2,3)15(21)18-12-7-9-13(10-8-12)19(4)5/h6-10H,1,11H2,2-5H3,(H,17,20)(H,18,21). The lowest BCUT2D eigenvalue weighted by atomic mass is 9.91. The molecular formula is C16H23N3O2. The molecule has 21 heavy (non-hydrogen) atoms. The summed E-state index contributed by atoms with van der Waals surface area (Å²) in [4.78, 5) is 26.2. The lowest BCUT2D eigenvalue weighted by Crippen LogP contribution is -2.45. The van der Waals surface area contributed by atoms with Gasteiger partial charge in [0.1, 0.15) is 5.41 Å². The molecule has 0 atom stereocenters. The Kier molecular flexibility index (Phi) is 5.52. The number of hydrogen-bond donors (Lipinski definition) is 2. The summed E-state index contributed by atoms with van der Waals surface area (Å²) in [6.45, 7) is 7.06. The molecule has 114 valence electrons. The monoisotopic (exact) mass is 289 g/mol. The van der Waals surface area contributed by atoms with Gasteiger partial charge in [0.2, 0.25) is 11.8 Å². The van der Waals surface area contributed by atoms with Crippen molar-refractivity contribution in [1.29, 1.82) is 0 Å². The van der Waals surface area contributed by atoms with E-state index in [0.717, 1.165) is 5.69 Å². The average Bonchev–Trinajstić information content (AvgIpc) is 2.45. The zero-order valence-corrected chi connectivity index (χ0v) is 13.1. The van der Waals surface area contributed by atoms with Crippen LogP contribution in [0.5, 0.6) is 0 Å². The third-order valence-electron chi connectivity index (χ3n) is 3.18. The van der Waals surface area contributed by atoms with Crippen molar-refractivity contribution in [3.63, 3.8) is 0 Å². The van der Waals surface area contributed by atoms with E-state index in [1.807, 2.05) is 43.3 Å². The van der Waals surface area contributed by atoms with Gasteiger partial charge in [0.15, 0.2) is 0 Å². The molecule has 0 aliphatic heterocycles. The smallest absolute Gasteiger partial charge is 0.239 e. The number of nitrogens with one attached hydrogen (secondary N) is 2. The Morgan fingerprint density at radius 1 is 1.19 bits per heavy atom. The Hall–Kier alpha value is -2.30. The van der Waals surface area contributed by atoms with Crippen molar-refractivity contribution in [3.05, 3.63) is 36.9 Å². The largest absolute Gasteiger partial charge is 0.378 e. The summed E-state index contributed by atoms with van der Waals surface area (Å²) >= 11 is 0. The van der Waals surface area contributed by atoms with E-state index in [1.54, 1.807) is 19.9 Å². The zero-order chi connectivity index (χ0) is 16.0. The molecule has 1 aromatic rings. The fraction of sp³-hybridized carbons (Fsp3) is 0.375. The number of rotatable bonds is 6. The first kappa shape index (κ1) is 16.8. The summed E-state index contributed by atoms with van der Waals surface area (Å²) in [6.07, 6.45) is 1.58. The van der Waals surface area contributed by atoms with Gasteiger partial charge in [-0.3, -0.25) is 9.59 Å². The van der Waals surface area contributed by atoms with Crippen LogP contribution in [-0.4, -0.2) is 32.5 Å². The van der Waals surface area contributed by atoms with Gasteiger partial charge in [0.25, 0.3) is 0 Å². The van der Waals surface area contributed by atoms with Crippen molar-refractivity contribution in [3.8, 4) is 0 Å². The summed E-state index contributed by atoms with van der Waals surface area (Å²) in [7, 11) is 3.89. The lowest BCUT2D eigenvalue weighted by molar-refractivity contribution is -0.138. The molecule has 0 aliphatic carbocycles. The second-order valence-electron chi connectivity index (χ2n) is 5.52. The van der Waals surface area contributed by atoms with Crippen LogP contribution >= 0.6 is 0 Å². The summed E-state index contributed by atoms with van der Waals surface area (Å²) in [6, 6.07) is 7.43. The molecule has 2 N–H and O–H groups in total. The van der Waals surface area contributed by atoms with E-state index in [4.69, 9.17) is 0 Å². The van der Waals surface area contributed by atoms with Crippen LogP contribution in [0.1, 0.15) is 13.8 Å². The predicted molar refractivity (Wildman–Crippen MR) is 86.4 cm³/mol. The van der Waals surface area contributed by atoms with Gasteiger partial charge in [-0.1, -0.05) is 6.08 Å². The predicted octanol–water partition coefficient (Wildman–Crippen LogP) is 2.02. The normalized spacial score (nSPS) is 10.7. The first-order valence-electron chi connectivity index (χ1n) is 6.77. The maximum absolute atomic E-state index is 12.2. The number of anilines is 2. The summed E-state index contributed by atoms with van der Waals surface area (Å²) < 4.78 is 0. The minimum Gasteiger partial charge on any atom is -0.378 e. The highest BCUT2D eigenvalue weighted by molar-refractivity contribution is 6.09. The third kappa shape index (κ3) is 4.34. The van der Waals surface area contributed by atoms with Crippen LogP contribution < -0.4 is 15.5 Å². The van der Waals surface area contributed by atoms with Crippen LogP contribution in [0.25, 0.3) is 0 Å². The molecule has 0 unspecified atom stereocenters. The Bertz CT molecular complexity index is 519. The van der Waals surface area contributed by atoms with E-state index in [-0.39, 0.29) is 11.8 Å². The molecule has 0 spiro atoms. The SMILES string of the molecule is C=CCNC(=O)C(C)(C)C(=O)Nc1ccc(N(C)C)cc1.